The highest BCUT2D eigenvalue weighted by Gasteiger charge is 2.21. The normalized spacial score (nSPS) is 15.2. The minimum atomic E-state index is -0.639. The van der Waals surface area contributed by atoms with Crippen molar-refractivity contribution < 1.29 is 14.3 Å². The predicted octanol–water partition coefficient (Wildman–Crippen LogP) is 2.03. The molecule has 1 atom stereocenters. The lowest BCUT2D eigenvalue weighted by molar-refractivity contribution is -0.122. The van der Waals surface area contributed by atoms with Crippen molar-refractivity contribution in [3.8, 4) is 5.75 Å². The molecule has 25 heavy (non-hydrogen) atoms. The molecule has 6 heteroatoms. The SMILES string of the molecule is CC(Oc1ccccc1)C(=O)Nc1ccccc1N1CCNC(=O)C1. The Morgan fingerprint density at radius 3 is 2.64 bits per heavy atom. The van der Waals surface area contributed by atoms with Gasteiger partial charge in [-0.25, -0.2) is 0 Å². The van der Waals surface area contributed by atoms with E-state index in [1.165, 1.54) is 0 Å². The second kappa shape index (κ2) is 7.70. The van der Waals surface area contributed by atoms with E-state index in [2.05, 4.69) is 10.6 Å². The van der Waals surface area contributed by atoms with Crippen molar-refractivity contribution in [1.82, 2.24) is 5.32 Å². The Hall–Kier alpha value is -3.02. The largest absolute Gasteiger partial charge is 0.481 e. The summed E-state index contributed by atoms with van der Waals surface area (Å²) in [6.07, 6.45) is -0.639. The van der Waals surface area contributed by atoms with Gasteiger partial charge in [0.05, 0.1) is 17.9 Å². The third kappa shape index (κ3) is 4.29. The molecule has 2 amide bonds. The molecule has 1 heterocycles. The molecule has 1 unspecified atom stereocenters. The second-order valence-corrected chi connectivity index (χ2v) is 5.85. The molecule has 0 saturated carbocycles. The molecule has 0 aromatic heterocycles. The maximum Gasteiger partial charge on any atom is 0.265 e. The zero-order chi connectivity index (χ0) is 17.6. The second-order valence-electron chi connectivity index (χ2n) is 5.85. The molecule has 0 aliphatic carbocycles. The molecular formula is C19H21N3O3. The maximum atomic E-state index is 12.5. The monoisotopic (exact) mass is 339 g/mol. The molecule has 1 aliphatic rings. The summed E-state index contributed by atoms with van der Waals surface area (Å²) in [5.41, 5.74) is 1.50. The first kappa shape index (κ1) is 16.8. The van der Waals surface area contributed by atoms with Crippen LogP contribution in [0.1, 0.15) is 6.92 Å². The Morgan fingerprint density at radius 1 is 1.16 bits per heavy atom. The molecule has 2 N–H and O–H groups in total. The van der Waals surface area contributed by atoms with Crippen molar-refractivity contribution in [2.45, 2.75) is 13.0 Å². The van der Waals surface area contributed by atoms with Gasteiger partial charge >= 0.3 is 0 Å². The number of nitrogens with zero attached hydrogens (tertiary/aromatic N) is 1. The van der Waals surface area contributed by atoms with Gasteiger partial charge in [0.2, 0.25) is 5.91 Å². The van der Waals surface area contributed by atoms with Gasteiger partial charge < -0.3 is 20.3 Å². The third-order valence-electron chi connectivity index (χ3n) is 3.97. The highest BCUT2D eigenvalue weighted by Crippen LogP contribution is 2.26. The van der Waals surface area contributed by atoms with Gasteiger partial charge in [-0.2, -0.15) is 0 Å². The van der Waals surface area contributed by atoms with Gasteiger partial charge in [0.15, 0.2) is 6.10 Å². The zero-order valence-corrected chi connectivity index (χ0v) is 14.1. The number of para-hydroxylation sites is 3. The Morgan fingerprint density at radius 2 is 1.88 bits per heavy atom. The maximum absolute atomic E-state index is 12.5. The van der Waals surface area contributed by atoms with Gasteiger partial charge in [0.25, 0.3) is 5.91 Å². The van der Waals surface area contributed by atoms with E-state index in [1.807, 2.05) is 59.5 Å². The number of nitrogens with one attached hydrogen (secondary N) is 2. The third-order valence-corrected chi connectivity index (χ3v) is 3.97. The number of benzene rings is 2. The van der Waals surface area contributed by atoms with E-state index in [-0.39, 0.29) is 18.4 Å². The van der Waals surface area contributed by atoms with Gasteiger partial charge in [-0.3, -0.25) is 9.59 Å². The van der Waals surface area contributed by atoms with Crippen LogP contribution >= 0.6 is 0 Å². The highest BCUT2D eigenvalue weighted by atomic mass is 16.5. The first-order valence-corrected chi connectivity index (χ1v) is 8.27. The summed E-state index contributed by atoms with van der Waals surface area (Å²) in [6, 6.07) is 16.7. The Bertz CT molecular complexity index is 749. The number of hydrogen-bond acceptors (Lipinski definition) is 4. The topological polar surface area (TPSA) is 70.7 Å². The van der Waals surface area contributed by atoms with Crippen LogP contribution in [0.25, 0.3) is 0 Å². The summed E-state index contributed by atoms with van der Waals surface area (Å²) in [5.74, 6) is 0.386. The van der Waals surface area contributed by atoms with E-state index in [9.17, 15) is 9.59 Å². The van der Waals surface area contributed by atoms with Gasteiger partial charge in [-0.15, -0.1) is 0 Å². The molecule has 6 nitrogen and oxygen atoms in total. The van der Waals surface area contributed by atoms with E-state index >= 15 is 0 Å². The fourth-order valence-corrected chi connectivity index (χ4v) is 2.69. The van der Waals surface area contributed by atoms with E-state index in [0.717, 1.165) is 5.69 Å². The Kier molecular flexibility index (Phi) is 5.18. The average Bonchev–Trinajstić information content (AvgIpc) is 2.63. The number of rotatable bonds is 5. The van der Waals surface area contributed by atoms with E-state index in [1.54, 1.807) is 6.92 Å². The molecule has 2 aromatic rings. The van der Waals surface area contributed by atoms with Gasteiger partial charge in [-0.1, -0.05) is 30.3 Å². The summed E-state index contributed by atoms with van der Waals surface area (Å²) < 4.78 is 5.66. The summed E-state index contributed by atoms with van der Waals surface area (Å²) in [7, 11) is 0. The van der Waals surface area contributed by atoms with E-state index < -0.39 is 6.10 Å². The Balaban J connectivity index is 1.70. The van der Waals surface area contributed by atoms with Crippen molar-refractivity contribution in [3.63, 3.8) is 0 Å². The van der Waals surface area contributed by atoms with Gasteiger partial charge in [0.1, 0.15) is 5.75 Å². The molecule has 130 valence electrons. The van der Waals surface area contributed by atoms with Crippen molar-refractivity contribution in [3.05, 3.63) is 54.6 Å². The number of carbonyl (C=O) groups excluding carboxylic acids is 2. The summed E-state index contributed by atoms with van der Waals surface area (Å²) in [4.78, 5) is 26.1. The highest BCUT2D eigenvalue weighted by molar-refractivity contribution is 5.97. The quantitative estimate of drug-likeness (QED) is 0.874. The summed E-state index contributed by atoms with van der Waals surface area (Å²) >= 11 is 0. The van der Waals surface area contributed by atoms with Crippen molar-refractivity contribution in [2.24, 2.45) is 0 Å². The van der Waals surface area contributed by atoms with Crippen molar-refractivity contribution >= 4 is 23.2 Å². The zero-order valence-electron chi connectivity index (χ0n) is 14.1. The molecule has 1 aliphatic heterocycles. The van der Waals surface area contributed by atoms with Crippen molar-refractivity contribution in [2.75, 3.05) is 29.9 Å². The summed E-state index contributed by atoms with van der Waals surface area (Å²) in [6.45, 7) is 3.28. The minimum absolute atomic E-state index is 0.0202. The van der Waals surface area contributed by atoms with Crippen LogP contribution in [0, 0.1) is 0 Å². The number of ether oxygens (including phenoxy) is 1. The van der Waals surface area contributed by atoms with Crippen LogP contribution in [0.15, 0.2) is 54.6 Å². The first-order chi connectivity index (χ1) is 12.1. The number of amides is 2. The minimum Gasteiger partial charge on any atom is -0.481 e. The van der Waals surface area contributed by atoms with Crippen LogP contribution in [0.5, 0.6) is 5.75 Å². The molecule has 1 saturated heterocycles. The smallest absolute Gasteiger partial charge is 0.265 e. The van der Waals surface area contributed by atoms with Crippen LogP contribution in [0.2, 0.25) is 0 Å². The lowest BCUT2D eigenvalue weighted by Gasteiger charge is -2.30. The molecule has 3 rings (SSSR count). The van der Waals surface area contributed by atoms with Gasteiger partial charge in [-0.05, 0) is 31.2 Å². The molecule has 0 spiro atoms. The molecular weight excluding hydrogens is 318 g/mol. The predicted molar refractivity (Wildman–Crippen MR) is 96.8 cm³/mol. The van der Waals surface area contributed by atoms with Crippen LogP contribution in [-0.4, -0.2) is 37.6 Å². The number of anilines is 2. The van der Waals surface area contributed by atoms with Crippen LogP contribution in [-0.2, 0) is 9.59 Å². The van der Waals surface area contributed by atoms with Crippen molar-refractivity contribution in [1.29, 1.82) is 0 Å². The summed E-state index contributed by atoms with van der Waals surface area (Å²) in [5, 5.41) is 5.70. The fourth-order valence-electron chi connectivity index (χ4n) is 2.69. The first-order valence-electron chi connectivity index (χ1n) is 8.27. The van der Waals surface area contributed by atoms with Gasteiger partial charge in [0, 0.05) is 13.1 Å². The van der Waals surface area contributed by atoms with E-state index in [0.29, 0.717) is 24.5 Å². The lowest BCUT2D eigenvalue weighted by Crippen LogP contribution is -2.48. The van der Waals surface area contributed by atoms with Crippen LogP contribution in [0.4, 0.5) is 11.4 Å². The number of hydrogen-bond donors (Lipinski definition) is 2. The molecule has 0 radical (unpaired) electrons. The fraction of sp³-hybridized carbons (Fsp3) is 0.263. The standard InChI is InChI=1S/C19H21N3O3/c1-14(25-15-7-3-2-4-8-15)19(24)21-16-9-5-6-10-17(16)22-12-11-20-18(23)13-22/h2-10,14H,11-13H2,1H3,(H,20,23)(H,21,24). The van der Waals surface area contributed by atoms with E-state index in [4.69, 9.17) is 4.74 Å². The molecule has 1 fully saturated rings. The van der Waals surface area contributed by atoms with Crippen LogP contribution < -0.4 is 20.3 Å². The van der Waals surface area contributed by atoms with Crippen LogP contribution in [0.3, 0.4) is 0 Å². The number of piperazine rings is 1. The molecule has 0 bridgehead atoms. The molecule has 2 aromatic carbocycles. The average molecular weight is 339 g/mol. The Labute approximate surface area is 146 Å². The number of carbonyl (C=O) groups is 2. The lowest BCUT2D eigenvalue weighted by atomic mass is 10.2.